The van der Waals surface area contributed by atoms with Crippen molar-refractivity contribution in [1.82, 2.24) is 9.88 Å². The third-order valence-electron chi connectivity index (χ3n) is 2.90. The summed E-state index contributed by atoms with van der Waals surface area (Å²) < 4.78 is 0. The van der Waals surface area contributed by atoms with E-state index in [0.29, 0.717) is 17.5 Å². The van der Waals surface area contributed by atoms with E-state index < -0.39 is 0 Å². The van der Waals surface area contributed by atoms with Gasteiger partial charge in [-0.2, -0.15) is 0 Å². The quantitative estimate of drug-likeness (QED) is 0.740. The molecule has 0 N–H and O–H groups in total. The molecule has 3 nitrogen and oxygen atoms in total. The Morgan fingerprint density at radius 1 is 1.62 bits per heavy atom. The number of amides is 1. The van der Waals surface area contributed by atoms with Gasteiger partial charge in [-0.25, -0.2) is 4.98 Å². The zero-order valence-electron chi connectivity index (χ0n) is 9.32. The van der Waals surface area contributed by atoms with Crippen LogP contribution in [0.25, 0.3) is 0 Å². The Balaban J connectivity index is 2.08. The van der Waals surface area contributed by atoms with E-state index in [1.54, 1.807) is 6.07 Å². The molecule has 1 aliphatic rings. The Hall–Kier alpha value is -1.09. The lowest BCUT2D eigenvalue weighted by Crippen LogP contribution is -2.29. The molecule has 1 saturated heterocycles. The molecule has 16 heavy (non-hydrogen) atoms. The van der Waals surface area contributed by atoms with Crippen LogP contribution in [0.4, 0.5) is 0 Å². The minimum absolute atomic E-state index is 0.0244. The summed E-state index contributed by atoms with van der Waals surface area (Å²) in [5.41, 5.74) is 1.41. The Labute approximate surface area is 100 Å². The predicted molar refractivity (Wildman–Crippen MR) is 63.7 cm³/mol. The van der Waals surface area contributed by atoms with Crippen LogP contribution in [-0.2, 0) is 0 Å². The third-order valence-corrected chi connectivity index (χ3v) is 3.34. The maximum Gasteiger partial charge on any atom is 0.272 e. The maximum absolute atomic E-state index is 12.1. The van der Waals surface area contributed by atoms with Crippen molar-refractivity contribution < 1.29 is 4.79 Å². The molecule has 2 heterocycles. The van der Waals surface area contributed by atoms with E-state index in [1.165, 1.54) is 0 Å². The molecule has 0 aromatic carbocycles. The molecule has 1 fully saturated rings. The zero-order valence-corrected chi connectivity index (χ0v) is 10.1. The first-order valence-electron chi connectivity index (χ1n) is 5.49. The van der Waals surface area contributed by atoms with Gasteiger partial charge in [-0.05, 0) is 31.4 Å². The van der Waals surface area contributed by atoms with E-state index >= 15 is 0 Å². The number of carbonyl (C=O) groups is 1. The van der Waals surface area contributed by atoms with E-state index in [1.807, 2.05) is 24.0 Å². The standard InChI is InChI=1S/C12H15ClN2O/c1-9-3-2-4-11(14-9)12(16)15-6-5-10(7-13)8-15/h2-4,10H,5-8H2,1H3. The highest BCUT2D eigenvalue weighted by Crippen LogP contribution is 2.19. The highest BCUT2D eigenvalue weighted by Gasteiger charge is 2.26. The van der Waals surface area contributed by atoms with Crippen molar-refractivity contribution in [3.63, 3.8) is 0 Å². The lowest BCUT2D eigenvalue weighted by atomic mass is 10.2. The molecule has 1 unspecified atom stereocenters. The molecule has 1 aromatic heterocycles. The average molecular weight is 239 g/mol. The van der Waals surface area contributed by atoms with Gasteiger partial charge < -0.3 is 4.90 Å². The van der Waals surface area contributed by atoms with Crippen LogP contribution in [0.1, 0.15) is 22.6 Å². The number of alkyl halides is 1. The van der Waals surface area contributed by atoms with Gasteiger partial charge in [-0.3, -0.25) is 4.79 Å². The second-order valence-corrected chi connectivity index (χ2v) is 4.53. The van der Waals surface area contributed by atoms with Crippen molar-refractivity contribution >= 4 is 17.5 Å². The highest BCUT2D eigenvalue weighted by atomic mass is 35.5. The van der Waals surface area contributed by atoms with Gasteiger partial charge in [0, 0.05) is 24.7 Å². The van der Waals surface area contributed by atoms with Crippen LogP contribution in [0.15, 0.2) is 18.2 Å². The van der Waals surface area contributed by atoms with Gasteiger partial charge in [-0.1, -0.05) is 6.07 Å². The molecule has 0 radical (unpaired) electrons. The van der Waals surface area contributed by atoms with E-state index in [2.05, 4.69) is 4.98 Å². The summed E-state index contributed by atoms with van der Waals surface area (Å²) in [6.45, 7) is 3.45. The van der Waals surface area contributed by atoms with Crippen LogP contribution >= 0.6 is 11.6 Å². The lowest BCUT2D eigenvalue weighted by Gasteiger charge is -2.15. The van der Waals surface area contributed by atoms with Crippen LogP contribution in [-0.4, -0.2) is 34.8 Å². The molecule has 0 bridgehead atoms. The summed E-state index contributed by atoms with van der Waals surface area (Å²) >= 11 is 5.80. The van der Waals surface area contributed by atoms with E-state index in [0.717, 1.165) is 25.2 Å². The lowest BCUT2D eigenvalue weighted by molar-refractivity contribution is 0.0782. The first kappa shape index (κ1) is 11.4. The van der Waals surface area contributed by atoms with E-state index in [9.17, 15) is 4.79 Å². The molecule has 0 aliphatic carbocycles. The normalized spacial score (nSPS) is 20.1. The third kappa shape index (κ3) is 2.35. The topological polar surface area (TPSA) is 33.2 Å². The van der Waals surface area contributed by atoms with Gasteiger partial charge in [0.25, 0.3) is 5.91 Å². The molecule has 86 valence electrons. The van der Waals surface area contributed by atoms with Crippen LogP contribution in [0.5, 0.6) is 0 Å². The molecule has 1 aromatic rings. The van der Waals surface area contributed by atoms with Gasteiger partial charge in [0.15, 0.2) is 0 Å². The number of aromatic nitrogens is 1. The van der Waals surface area contributed by atoms with E-state index in [-0.39, 0.29) is 5.91 Å². The number of pyridine rings is 1. The fourth-order valence-electron chi connectivity index (χ4n) is 1.97. The van der Waals surface area contributed by atoms with Gasteiger partial charge in [-0.15, -0.1) is 11.6 Å². The molecule has 1 amide bonds. The number of halogens is 1. The summed E-state index contributed by atoms with van der Waals surface area (Å²) in [7, 11) is 0. The largest absolute Gasteiger partial charge is 0.337 e. The molecular weight excluding hydrogens is 224 g/mol. The molecular formula is C12H15ClN2O. The van der Waals surface area contributed by atoms with Crippen LogP contribution < -0.4 is 0 Å². The summed E-state index contributed by atoms with van der Waals surface area (Å²) in [5, 5.41) is 0. The van der Waals surface area contributed by atoms with Crippen molar-refractivity contribution in [2.75, 3.05) is 19.0 Å². The van der Waals surface area contributed by atoms with Crippen LogP contribution in [0.2, 0.25) is 0 Å². The fourth-order valence-corrected chi connectivity index (χ4v) is 2.22. The molecule has 4 heteroatoms. The van der Waals surface area contributed by atoms with E-state index in [4.69, 9.17) is 11.6 Å². The Morgan fingerprint density at radius 3 is 3.06 bits per heavy atom. The molecule has 2 rings (SSSR count). The monoisotopic (exact) mass is 238 g/mol. The molecule has 0 saturated carbocycles. The van der Waals surface area contributed by atoms with Crippen LogP contribution in [0.3, 0.4) is 0 Å². The van der Waals surface area contributed by atoms with Gasteiger partial charge in [0.2, 0.25) is 0 Å². The second-order valence-electron chi connectivity index (χ2n) is 4.22. The van der Waals surface area contributed by atoms with Gasteiger partial charge in [0.1, 0.15) is 5.69 Å². The second kappa shape index (κ2) is 4.83. The predicted octanol–water partition coefficient (Wildman–Crippen LogP) is 2.09. The highest BCUT2D eigenvalue weighted by molar-refractivity contribution is 6.18. The summed E-state index contributed by atoms with van der Waals surface area (Å²) in [6, 6.07) is 5.52. The molecule has 1 atom stereocenters. The number of rotatable bonds is 2. The van der Waals surface area contributed by atoms with Crippen molar-refractivity contribution in [2.45, 2.75) is 13.3 Å². The van der Waals surface area contributed by atoms with Crippen molar-refractivity contribution in [3.8, 4) is 0 Å². The van der Waals surface area contributed by atoms with Gasteiger partial charge >= 0.3 is 0 Å². The molecule has 1 aliphatic heterocycles. The summed E-state index contributed by atoms with van der Waals surface area (Å²) in [5.74, 6) is 1.09. The molecule has 0 spiro atoms. The maximum atomic E-state index is 12.1. The minimum atomic E-state index is 0.0244. The first-order chi connectivity index (χ1) is 7.70. The van der Waals surface area contributed by atoms with Crippen molar-refractivity contribution in [1.29, 1.82) is 0 Å². The first-order valence-corrected chi connectivity index (χ1v) is 6.03. The summed E-state index contributed by atoms with van der Waals surface area (Å²) in [6.07, 6.45) is 1.00. The van der Waals surface area contributed by atoms with Crippen molar-refractivity contribution in [3.05, 3.63) is 29.6 Å². The number of likely N-dealkylation sites (tertiary alicyclic amines) is 1. The number of nitrogens with zero attached hydrogens (tertiary/aromatic N) is 2. The minimum Gasteiger partial charge on any atom is -0.337 e. The number of hydrogen-bond donors (Lipinski definition) is 0. The van der Waals surface area contributed by atoms with Crippen LogP contribution in [0, 0.1) is 12.8 Å². The Morgan fingerprint density at radius 2 is 2.44 bits per heavy atom. The summed E-state index contributed by atoms with van der Waals surface area (Å²) in [4.78, 5) is 18.2. The number of hydrogen-bond acceptors (Lipinski definition) is 2. The average Bonchev–Trinajstić information content (AvgIpc) is 2.76. The Bertz CT molecular complexity index is 394. The SMILES string of the molecule is Cc1cccc(C(=O)N2CCC(CCl)C2)n1. The number of carbonyl (C=O) groups excluding carboxylic acids is 1. The van der Waals surface area contributed by atoms with Gasteiger partial charge in [0.05, 0.1) is 0 Å². The number of aryl methyl sites for hydroxylation is 1. The fraction of sp³-hybridized carbons (Fsp3) is 0.500. The Kier molecular flexibility index (Phi) is 3.44. The smallest absolute Gasteiger partial charge is 0.272 e. The zero-order chi connectivity index (χ0) is 11.5. The van der Waals surface area contributed by atoms with Crippen molar-refractivity contribution in [2.24, 2.45) is 5.92 Å².